The molecule has 0 amide bonds. The molecule has 0 aliphatic carbocycles. The first kappa shape index (κ1) is 43.5. The summed E-state index contributed by atoms with van der Waals surface area (Å²) >= 11 is 0. The van der Waals surface area contributed by atoms with Crippen LogP contribution >= 0.6 is 0 Å². The number of fused-ring (bicyclic) bond motifs is 26. The van der Waals surface area contributed by atoms with Crippen molar-refractivity contribution < 1.29 is 17.7 Å². The largest absolute Gasteiger partial charge is 0.456 e. The summed E-state index contributed by atoms with van der Waals surface area (Å²) in [6.45, 7) is 0. The minimum Gasteiger partial charge on any atom is -0.456 e. The topological polar surface area (TPSA) is 61.4 Å². The SMILES string of the molecule is c1ccc2c(c1)oc1cccc(-c3ccc4c(c3)c3c5c6cc(-c7cccc8oc9ccccc9c78)ccc6n6c7ccc(-c8cccc9oc%10ccccc%10c89)cc7c(c7c8cc(-c9cccc%10oc%11ccccc%11c9%10)ccc8n4c37)c56)c12. The van der Waals surface area contributed by atoms with E-state index in [4.69, 9.17) is 17.7 Å². The Morgan fingerprint density at radius 3 is 0.690 bits per heavy atom. The van der Waals surface area contributed by atoms with Crippen molar-refractivity contribution >= 4 is 164 Å². The third-order valence-corrected chi connectivity index (χ3v) is 18.8. The highest BCUT2D eigenvalue weighted by molar-refractivity contribution is 6.45. The van der Waals surface area contributed by atoms with Crippen molar-refractivity contribution in [3.63, 3.8) is 0 Å². The molecule has 0 aliphatic rings. The highest BCUT2D eigenvalue weighted by atomic mass is 16.3. The molecule has 6 heteroatoms. The van der Waals surface area contributed by atoms with E-state index in [-0.39, 0.29) is 0 Å². The molecule has 0 saturated carbocycles. The summed E-state index contributed by atoms with van der Waals surface area (Å²) in [7, 11) is 0. The summed E-state index contributed by atoms with van der Waals surface area (Å²) in [5.74, 6) is 0. The lowest BCUT2D eigenvalue weighted by atomic mass is 9.92. The zero-order valence-corrected chi connectivity index (χ0v) is 44.6. The zero-order chi connectivity index (χ0) is 54.2. The molecule has 0 unspecified atom stereocenters. The maximum atomic E-state index is 6.52. The molecule has 0 atom stereocenters. The number of hydrogen-bond acceptors (Lipinski definition) is 4. The monoisotopic (exact) mass is 1070 g/mol. The molecule has 21 rings (SSSR count). The van der Waals surface area contributed by atoms with Gasteiger partial charge in [0.05, 0.1) is 33.1 Å². The number of furan rings is 4. The Balaban J connectivity index is 0.950. The fourth-order valence-electron chi connectivity index (χ4n) is 15.4. The fraction of sp³-hybridized carbons (Fsp3) is 0. The number of benzene rings is 13. The van der Waals surface area contributed by atoms with Gasteiger partial charge in [0.25, 0.3) is 0 Å². The summed E-state index contributed by atoms with van der Waals surface area (Å²) in [5.41, 5.74) is 23.3. The molecular formula is C78H40N2O4. The highest BCUT2D eigenvalue weighted by Crippen LogP contribution is 2.55. The lowest BCUT2D eigenvalue weighted by Gasteiger charge is -2.09. The number of aromatic nitrogens is 2. The smallest absolute Gasteiger partial charge is 0.136 e. The van der Waals surface area contributed by atoms with E-state index in [0.717, 1.165) is 154 Å². The van der Waals surface area contributed by atoms with Gasteiger partial charge in [0.1, 0.15) is 44.7 Å². The molecule has 13 aromatic carbocycles. The lowest BCUT2D eigenvalue weighted by Crippen LogP contribution is -1.84. The summed E-state index contributed by atoms with van der Waals surface area (Å²) in [4.78, 5) is 0. The second-order valence-corrected chi connectivity index (χ2v) is 22.9. The molecule has 0 radical (unpaired) electrons. The Morgan fingerprint density at radius 2 is 0.429 bits per heavy atom. The number of rotatable bonds is 4. The average Bonchev–Trinajstić information content (AvgIpc) is 1.65. The Morgan fingerprint density at radius 1 is 0.190 bits per heavy atom. The Kier molecular flexibility index (Phi) is 7.94. The van der Waals surface area contributed by atoms with Gasteiger partial charge in [0.2, 0.25) is 0 Å². The van der Waals surface area contributed by atoms with Gasteiger partial charge in [0, 0.05) is 86.2 Å². The summed E-state index contributed by atoms with van der Waals surface area (Å²) in [6, 6.07) is 88.1. The average molecular weight is 1070 g/mol. The first-order chi connectivity index (χ1) is 41.7. The third kappa shape index (κ3) is 5.37. The molecule has 0 bridgehead atoms. The summed E-state index contributed by atoms with van der Waals surface area (Å²) < 4.78 is 31.2. The molecule has 0 spiro atoms. The third-order valence-electron chi connectivity index (χ3n) is 18.8. The summed E-state index contributed by atoms with van der Waals surface area (Å²) in [6.07, 6.45) is 0. The molecule has 8 heterocycles. The van der Waals surface area contributed by atoms with Crippen LogP contribution in [0, 0.1) is 0 Å². The summed E-state index contributed by atoms with van der Waals surface area (Å²) in [5, 5.41) is 18.7. The van der Waals surface area contributed by atoms with Gasteiger partial charge in [-0.15, -0.1) is 0 Å². The molecule has 0 N–H and O–H groups in total. The quantitative estimate of drug-likeness (QED) is 0.176. The van der Waals surface area contributed by atoms with E-state index in [9.17, 15) is 0 Å². The Labute approximate surface area is 475 Å². The van der Waals surface area contributed by atoms with Gasteiger partial charge < -0.3 is 26.5 Å². The molecule has 84 heavy (non-hydrogen) atoms. The highest BCUT2D eigenvalue weighted by Gasteiger charge is 2.31. The van der Waals surface area contributed by atoms with Crippen LogP contribution in [0.3, 0.4) is 0 Å². The first-order valence-electron chi connectivity index (χ1n) is 28.7. The van der Waals surface area contributed by atoms with Gasteiger partial charge in [-0.05, 0) is 142 Å². The van der Waals surface area contributed by atoms with Gasteiger partial charge >= 0.3 is 0 Å². The maximum absolute atomic E-state index is 6.52. The van der Waals surface area contributed by atoms with Crippen LogP contribution in [-0.4, -0.2) is 8.80 Å². The van der Waals surface area contributed by atoms with Crippen molar-refractivity contribution in [2.45, 2.75) is 0 Å². The zero-order valence-electron chi connectivity index (χ0n) is 44.6. The van der Waals surface area contributed by atoms with Crippen molar-refractivity contribution in [1.29, 1.82) is 0 Å². The van der Waals surface area contributed by atoms with E-state index in [1.807, 2.05) is 0 Å². The van der Waals surface area contributed by atoms with Gasteiger partial charge in [-0.25, -0.2) is 0 Å². The molecule has 6 nitrogen and oxygen atoms in total. The Bertz CT molecular complexity index is 5710. The van der Waals surface area contributed by atoms with E-state index in [2.05, 4.69) is 251 Å². The predicted molar refractivity (Wildman–Crippen MR) is 347 cm³/mol. The second-order valence-electron chi connectivity index (χ2n) is 22.9. The molecule has 0 aliphatic heterocycles. The molecule has 8 aromatic heterocycles. The van der Waals surface area contributed by atoms with E-state index >= 15 is 0 Å². The van der Waals surface area contributed by atoms with Crippen LogP contribution in [0.25, 0.3) is 208 Å². The predicted octanol–water partition coefficient (Wildman–Crippen LogP) is 22.3. The van der Waals surface area contributed by atoms with Crippen molar-refractivity contribution in [1.82, 2.24) is 8.80 Å². The van der Waals surface area contributed by atoms with Gasteiger partial charge in [0.15, 0.2) is 0 Å². The van der Waals surface area contributed by atoms with Gasteiger partial charge in [-0.1, -0.05) is 146 Å². The fourth-order valence-corrected chi connectivity index (χ4v) is 15.4. The van der Waals surface area contributed by atoms with Crippen LogP contribution < -0.4 is 0 Å². The second kappa shape index (κ2) is 15.4. The van der Waals surface area contributed by atoms with Crippen LogP contribution in [0.2, 0.25) is 0 Å². The number of para-hydroxylation sites is 4. The number of hydrogen-bond donors (Lipinski definition) is 0. The molecule has 0 fully saturated rings. The van der Waals surface area contributed by atoms with E-state index in [0.29, 0.717) is 0 Å². The van der Waals surface area contributed by atoms with E-state index in [1.165, 1.54) is 54.1 Å². The van der Waals surface area contributed by atoms with E-state index < -0.39 is 0 Å². The van der Waals surface area contributed by atoms with Crippen LogP contribution in [0.5, 0.6) is 0 Å². The normalized spacial score (nSPS) is 12.8. The van der Waals surface area contributed by atoms with Crippen molar-refractivity contribution in [2.24, 2.45) is 0 Å². The van der Waals surface area contributed by atoms with Crippen LogP contribution in [-0.2, 0) is 0 Å². The first-order valence-corrected chi connectivity index (χ1v) is 28.7. The maximum Gasteiger partial charge on any atom is 0.136 e. The van der Waals surface area contributed by atoms with Crippen LogP contribution in [0.4, 0.5) is 0 Å². The van der Waals surface area contributed by atoms with Crippen LogP contribution in [0.1, 0.15) is 0 Å². The van der Waals surface area contributed by atoms with Gasteiger partial charge in [-0.2, -0.15) is 0 Å². The molecule has 0 saturated heterocycles. The Hall–Kier alpha value is -11.3. The minimum absolute atomic E-state index is 0.881. The van der Waals surface area contributed by atoms with E-state index in [1.54, 1.807) is 0 Å². The number of nitrogens with zero attached hydrogens (tertiary/aromatic N) is 2. The van der Waals surface area contributed by atoms with Gasteiger partial charge in [-0.3, -0.25) is 0 Å². The van der Waals surface area contributed by atoms with Crippen LogP contribution in [0.15, 0.2) is 260 Å². The molecular weight excluding hydrogens is 1030 g/mol. The lowest BCUT2D eigenvalue weighted by molar-refractivity contribution is 0.668. The minimum atomic E-state index is 0.881. The van der Waals surface area contributed by atoms with Crippen molar-refractivity contribution in [3.05, 3.63) is 243 Å². The van der Waals surface area contributed by atoms with Crippen molar-refractivity contribution in [3.8, 4) is 44.5 Å². The molecule has 21 aromatic rings. The standard InChI is InChI=1S/C78H40N2O4/c1-5-21-61-49(13-1)69-45(17-9-25-65(69)81-61)41-29-33-57-53(37-41)73-74-54-38-42(46-18-10-26-66-70(46)50-14-2-6-22-62(50)82-66)31-35-59(54)80-60-36-32-44(48-20-12-28-68-72(48)52-16-4-8-24-64(52)84-68)40-56(60)76(78(74)80)75-55-39-43(30-34-58(55)79(57)77(73)75)47-19-11-27-67-71(47)51-15-3-7-23-63(51)83-67/h1-40H. The molecule has 386 valence electrons. The van der Waals surface area contributed by atoms with Crippen molar-refractivity contribution in [2.75, 3.05) is 0 Å².